The summed E-state index contributed by atoms with van der Waals surface area (Å²) in [7, 11) is -9.93. The van der Waals surface area contributed by atoms with E-state index >= 15 is 0 Å². The second-order valence-corrected chi connectivity index (χ2v) is 34.0. The van der Waals surface area contributed by atoms with Crippen LogP contribution in [0.3, 0.4) is 0 Å². The summed E-state index contributed by atoms with van der Waals surface area (Å²) in [5.74, 6) is -1.36. The zero-order valence-electron chi connectivity index (χ0n) is 68.2. The van der Waals surface area contributed by atoms with E-state index in [2.05, 4.69) is 34.6 Å². The van der Waals surface area contributed by atoms with Gasteiger partial charge in [0.1, 0.15) is 19.3 Å². The molecule has 0 aromatic carbocycles. The Bertz CT molecular complexity index is 1980. The molecular formula is C85H166O17P2. The summed E-state index contributed by atoms with van der Waals surface area (Å²) >= 11 is 0. The van der Waals surface area contributed by atoms with Gasteiger partial charge in [0, 0.05) is 25.7 Å². The van der Waals surface area contributed by atoms with Gasteiger partial charge >= 0.3 is 39.5 Å². The Morgan fingerprint density at radius 1 is 0.260 bits per heavy atom. The Kier molecular flexibility index (Phi) is 76.3. The van der Waals surface area contributed by atoms with Crippen LogP contribution in [-0.4, -0.2) is 96.7 Å². The summed E-state index contributed by atoms with van der Waals surface area (Å²) in [4.78, 5) is 73.2. The fraction of sp³-hybridized carbons (Fsp3) is 0.953. The van der Waals surface area contributed by atoms with Gasteiger partial charge in [0.15, 0.2) is 12.2 Å². The number of phosphoric acid groups is 2. The highest BCUT2D eigenvalue weighted by atomic mass is 31.2. The van der Waals surface area contributed by atoms with Gasteiger partial charge in [0.2, 0.25) is 0 Å². The van der Waals surface area contributed by atoms with Crippen LogP contribution in [0.15, 0.2) is 0 Å². The van der Waals surface area contributed by atoms with Gasteiger partial charge in [-0.15, -0.1) is 0 Å². The molecule has 5 atom stereocenters. The number of ether oxygens (including phenoxy) is 4. The molecule has 0 aromatic heterocycles. The van der Waals surface area contributed by atoms with Gasteiger partial charge in [-0.05, 0) is 31.6 Å². The van der Waals surface area contributed by atoms with Crippen molar-refractivity contribution in [1.29, 1.82) is 0 Å². The molecule has 0 fully saturated rings. The van der Waals surface area contributed by atoms with E-state index in [0.717, 1.165) is 95.8 Å². The van der Waals surface area contributed by atoms with Crippen molar-refractivity contribution < 1.29 is 80.2 Å². The third kappa shape index (κ3) is 78.2. The van der Waals surface area contributed by atoms with Crippen molar-refractivity contribution in [2.45, 2.75) is 477 Å². The largest absolute Gasteiger partial charge is 0.472 e. The van der Waals surface area contributed by atoms with Crippen LogP contribution in [0.25, 0.3) is 0 Å². The van der Waals surface area contributed by atoms with Crippen LogP contribution in [0.1, 0.15) is 458 Å². The van der Waals surface area contributed by atoms with E-state index in [9.17, 15) is 43.2 Å². The van der Waals surface area contributed by atoms with Crippen molar-refractivity contribution in [2.75, 3.05) is 39.6 Å². The molecule has 618 valence electrons. The van der Waals surface area contributed by atoms with Crippen LogP contribution in [0.5, 0.6) is 0 Å². The Hall–Kier alpha value is -1.94. The molecule has 19 heteroatoms. The highest BCUT2D eigenvalue weighted by Crippen LogP contribution is 2.45. The van der Waals surface area contributed by atoms with E-state index < -0.39 is 97.5 Å². The molecule has 0 saturated heterocycles. The van der Waals surface area contributed by atoms with Crippen LogP contribution in [0, 0.1) is 5.92 Å². The van der Waals surface area contributed by atoms with E-state index in [4.69, 9.17) is 37.0 Å². The fourth-order valence-electron chi connectivity index (χ4n) is 13.3. The monoisotopic (exact) mass is 1520 g/mol. The number of aliphatic hydroxyl groups is 1. The summed E-state index contributed by atoms with van der Waals surface area (Å²) in [6.07, 6.45) is 70.8. The molecule has 104 heavy (non-hydrogen) atoms. The van der Waals surface area contributed by atoms with Gasteiger partial charge in [-0.25, -0.2) is 9.13 Å². The van der Waals surface area contributed by atoms with Crippen molar-refractivity contribution >= 4 is 39.5 Å². The van der Waals surface area contributed by atoms with Gasteiger partial charge in [-0.3, -0.25) is 37.3 Å². The fourth-order valence-corrected chi connectivity index (χ4v) is 14.9. The lowest BCUT2D eigenvalue weighted by Crippen LogP contribution is -2.30. The first-order valence-corrected chi connectivity index (χ1v) is 47.1. The molecule has 0 bridgehead atoms. The number of carbonyl (C=O) groups is 4. The number of unbranched alkanes of at least 4 members (excludes halogenated alkanes) is 57. The highest BCUT2D eigenvalue weighted by molar-refractivity contribution is 7.47. The number of carbonyl (C=O) groups excluding carboxylic acids is 4. The predicted octanol–water partition coefficient (Wildman–Crippen LogP) is 26.0. The molecule has 0 aliphatic rings. The molecule has 0 heterocycles. The minimum Gasteiger partial charge on any atom is -0.462 e. The molecule has 17 nitrogen and oxygen atoms in total. The van der Waals surface area contributed by atoms with Crippen molar-refractivity contribution in [3.05, 3.63) is 0 Å². The van der Waals surface area contributed by atoms with Crippen molar-refractivity contribution in [3.8, 4) is 0 Å². The Morgan fingerprint density at radius 2 is 0.442 bits per heavy atom. The van der Waals surface area contributed by atoms with Crippen molar-refractivity contribution in [1.82, 2.24) is 0 Å². The summed E-state index contributed by atoms with van der Waals surface area (Å²) in [5, 5.41) is 10.7. The summed E-state index contributed by atoms with van der Waals surface area (Å²) in [5.41, 5.74) is 0. The van der Waals surface area contributed by atoms with Gasteiger partial charge < -0.3 is 33.8 Å². The first-order chi connectivity index (χ1) is 50.5. The molecule has 0 spiro atoms. The van der Waals surface area contributed by atoms with Crippen molar-refractivity contribution in [2.24, 2.45) is 5.92 Å². The van der Waals surface area contributed by atoms with E-state index in [0.29, 0.717) is 25.7 Å². The summed E-state index contributed by atoms with van der Waals surface area (Å²) < 4.78 is 68.9. The lowest BCUT2D eigenvalue weighted by Gasteiger charge is -2.21. The number of esters is 4. The van der Waals surface area contributed by atoms with E-state index in [1.807, 2.05) is 0 Å². The highest BCUT2D eigenvalue weighted by Gasteiger charge is 2.30. The Balaban J connectivity index is 5.23. The molecule has 0 radical (unpaired) electrons. The van der Waals surface area contributed by atoms with E-state index in [-0.39, 0.29) is 25.7 Å². The van der Waals surface area contributed by atoms with Crippen LogP contribution in [-0.2, 0) is 65.4 Å². The average Bonchev–Trinajstić information content (AvgIpc) is 0.932. The van der Waals surface area contributed by atoms with Crippen molar-refractivity contribution in [3.63, 3.8) is 0 Å². The Morgan fingerprint density at radius 3 is 0.654 bits per heavy atom. The zero-order valence-corrected chi connectivity index (χ0v) is 70.0. The first kappa shape index (κ1) is 102. The van der Waals surface area contributed by atoms with Crippen LogP contribution in [0.4, 0.5) is 0 Å². The molecule has 0 saturated carbocycles. The number of hydrogen-bond donors (Lipinski definition) is 3. The number of rotatable bonds is 85. The molecule has 0 amide bonds. The van der Waals surface area contributed by atoms with Crippen LogP contribution in [0.2, 0.25) is 0 Å². The lowest BCUT2D eigenvalue weighted by atomic mass is 10.0. The second-order valence-electron chi connectivity index (χ2n) is 31.1. The van der Waals surface area contributed by atoms with Crippen LogP contribution >= 0.6 is 15.6 Å². The van der Waals surface area contributed by atoms with Gasteiger partial charge in [-0.1, -0.05) is 407 Å². The first-order valence-electron chi connectivity index (χ1n) is 44.1. The number of phosphoric ester groups is 2. The molecule has 2 unspecified atom stereocenters. The van der Waals surface area contributed by atoms with Crippen LogP contribution < -0.4 is 0 Å². The summed E-state index contributed by atoms with van der Waals surface area (Å²) in [6.45, 7) is 7.34. The topological polar surface area (TPSA) is 237 Å². The average molecular weight is 1520 g/mol. The smallest absolute Gasteiger partial charge is 0.462 e. The zero-order chi connectivity index (χ0) is 76.2. The maximum Gasteiger partial charge on any atom is 0.472 e. The predicted molar refractivity (Wildman–Crippen MR) is 428 cm³/mol. The molecule has 0 aliphatic heterocycles. The maximum atomic E-state index is 13.1. The van der Waals surface area contributed by atoms with Gasteiger partial charge in [-0.2, -0.15) is 0 Å². The molecule has 0 aromatic rings. The Labute approximate surface area is 638 Å². The lowest BCUT2D eigenvalue weighted by molar-refractivity contribution is -0.161. The molecular weight excluding hydrogens is 1350 g/mol. The molecule has 0 aliphatic carbocycles. The minimum atomic E-state index is -4.96. The SMILES string of the molecule is CCCCCCCCCCCCCCCCCCCCCCCCC(=O)O[C@H](COC(=O)CCCCCCCCCCCCCCCCC)COP(=O)(O)OC[C@@H](O)COP(=O)(O)OC[C@@H](COC(=O)CCCCCCCCCCCC(C)C)OC(=O)CCCCCCCCCCCCCCCCC. The normalized spacial score (nSPS) is 13.8. The van der Waals surface area contributed by atoms with Gasteiger partial charge in [0.05, 0.1) is 26.4 Å². The standard InChI is InChI=1S/C85H166O17P2/c1-6-9-12-15-18-21-24-27-30-31-32-33-34-35-36-39-42-45-50-56-61-66-71-85(90)101-80(74-95-82(87)68-63-58-53-48-43-40-37-28-25-22-19-16-13-10-7-2)76-99-103(91,92)97-72-79(86)73-98-104(93,94)100-77-81(75-96-83(88)69-64-59-54-51-46-47-52-57-62-67-78(4)5)102-84(89)70-65-60-55-49-44-41-38-29-26-23-20-17-14-11-8-3/h78-81,86H,6-77H2,1-5H3,(H,91,92)(H,93,94)/t79-,80-,81-/m1/s1. The maximum absolute atomic E-state index is 13.1. The summed E-state index contributed by atoms with van der Waals surface area (Å²) in [6, 6.07) is 0. The minimum absolute atomic E-state index is 0.108. The quantitative estimate of drug-likeness (QED) is 0.0222. The van der Waals surface area contributed by atoms with Gasteiger partial charge in [0.25, 0.3) is 0 Å². The van der Waals surface area contributed by atoms with E-state index in [1.165, 1.54) is 283 Å². The second kappa shape index (κ2) is 77.8. The molecule has 3 N–H and O–H groups in total. The third-order valence-electron chi connectivity index (χ3n) is 20.0. The molecule has 0 rings (SSSR count). The number of hydrogen-bond acceptors (Lipinski definition) is 15. The number of aliphatic hydroxyl groups excluding tert-OH is 1. The van der Waals surface area contributed by atoms with E-state index in [1.54, 1.807) is 0 Å². The third-order valence-corrected chi connectivity index (χ3v) is 21.9.